The number of hydrogen-bond donors (Lipinski definition) is 0. The Morgan fingerprint density at radius 2 is 0.750 bits per heavy atom. The zero-order valence-electron chi connectivity index (χ0n) is 24.3. The van der Waals surface area contributed by atoms with E-state index in [9.17, 15) is 0 Å². The van der Waals surface area contributed by atoms with Gasteiger partial charge in [-0.25, -0.2) is 0 Å². The fourth-order valence-electron chi connectivity index (χ4n) is 4.77. The Morgan fingerprint density at radius 1 is 0.400 bits per heavy atom. The van der Waals surface area contributed by atoms with E-state index in [1.807, 2.05) is 18.2 Å². The van der Waals surface area contributed by atoms with Gasteiger partial charge in [0.1, 0.15) is 5.60 Å². The first-order valence-electron chi connectivity index (χ1n) is 15.0. The molecular formula is C35H48O5. The number of unbranched alkanes of at least 4 members (excludes halogenated alkanes) is 5. The number of benzene rings is 3. The molecule has 0 N–H and O–H groups in total. The molecule has 0 aliphatic heterocycles. The Balaban J connectivity index is 1.31. The molecule has 3 aromatic carbocycles. The molecule has 0 aliphatic carbocycles. The highest BCUT2D eigenvalue weighted by Gasteiger charge is 2.37. The molecule has 0 saturated carbocycles. The largest absolute Gasteiger partial charge is 0.379 e. The summed E-state index contributed by atoms with van der Waals surface area (Å²) in [6.07, 6.45) is 7.70. The van der Waals surface area contributed by atoms with Crippen LogP contribution in [0.15, 0.2) is 91.0 Å². The summed E-state index contributed by atoms with van der Waals surface area (Å²) < 4.78 is 29.4. The third kappa shape index (κ3) is 11.1. The average Bonchev–Trinajstić information content (AvgIpc) is 3.01. The molecule has 0 bridgehead atoms. The Kier molecular flexibility index (Phi) is 16.3. The lowest BCUT2D eigenvalue weighted by Crippen LogP contribution is -2.34. The monoisotopic (exact) mass is 548 g/mol. The van der Waals surface area contributed by atoms with E-state index in [2.05, 4.69) is 79.7 Å². The van der Waals surface area contributed by atoms with Crippen LogP contribution in [0.3, 0.4) is 0 Å². The van der Waals surface area contributed by atoms with Gasteiger partial charge in [-0.3, -0.25) is 0 Å². The summed E-state index contributed by atoms with van der Waals surface area (Å²) in [5, 5.41) is 0. The van der Waals surface area contributed by atoms with Crippen molar-refractivity contribution in [1.29, 1.82) is 0 Å². The first kappa shape index (κ1) is 32.0. The lowest BCUT2D eigenvalue weighted by atomic mass is 9.80. The Hall–Kier alpha value is -2.54. The molecule has 0 fully saturated rings. The van der Waals surface area contributed by atoms with E-state index in [1.54, 1.807) is 0 Å². The highest BCUT2D eigenvalue weighted by atomic mass is 16.6. The van der Waals surface area contributed by atoms with Gasteiger partial charge in [-0.1, -0.05) is 130 Å². The molecule has 40 heavy (non-hydrogen) atoms. The molecule has 0 aromatic heterocycles. The van der Waals surface area contributed by atoms with Gasteiger partial charge < -0.3 is 23.7 Å². The number of ether oxygens (including phenoxy) is 5. The SMILES string of the molecule is CCCCCCCCOCCOCCOCCOCCOC(c1ccccc1)(c1ccccc1)c1ccccc1. The van der Waals surface area contributed by atoms with Gasteiger partial charge in [-0.2, -0.15) is 0 Å². The molecule has 0 spiro atoms. The van der Waals surface area contributed by atoms with Gasteiger partial charge in [0.25, 0.3) is 0 Å². The van der Waals surface area contributed by atoms with Crippen molar-refractivity contribution < 1.29 is 23.7 Å². The van der Waals surface area contributed by atoms with Crippen LogP contribution in [-0.4, -0.2) is 59.5 Å². The second kappa shape index (κ2) is 20.4. The van der Waals surface area contributed by atoms with Gasteiger partial charge in [0.15, 0.2) is 0 Å². The summed E-state index contributed by atoms with van der Waals surface area (Å²) in [4.78, 5) is 0. The van der Waals surface area contributed by atoms with Gasteiger partial charge >= 0.3 is 0 Å². The molecule has 0 radical (unpaired) electrons. The molecule has 218 valence electrons. The predicted molar refractivity (Wildman–Crippen MR) is 162 cm³/mol. The highest BCUT2D eigenvalue weighted by Crippen LogP contribution is 2.40. The summed E-state index contributed by atoms with van der Waals surface area (Å²) in [7, 11) is 0. The number of rotatable bonds is 23. The summed E-state index contributed by atoms with van der Waals surface area (Å²) in [6, 6.07) is 31.2. The molecule has 5 nitrogen and oxygen atoms in total. The van der Waals surface area contributed by atoms with Crippen LogP contribution in [0, 0.1) is 0 Å². The van der Waals surface area contributed by atoms with Crippen molar-refractivity contribution in [2.75, 3.05) is 59.5 Å². The van der Waals surface area contributed by atoms with Crippen molar-refractivity contribution in [2.45, 2.75) is 51.0 Å². The van der Waals surface area contributed by atoms with Crippen molar-refractivity contribution in [3.8, 4) is 0 Å². The predicted octanol–water partition coefficient (Wildman–Crippen LogP) is 7.42. The summed E-state index contributed by atoms with van der Waals surface area (Å²) in [5.41, 5.74) is 2.54. The van der Waals surface area contributed by atoms with Gasteiger partial charge in [-0.15, -0.1) is 0 Å². The van der Waals surface area contributed by atoms with Crippen LogP contribution in [0.2, 0.25) is 0 Å². The summed E-state index contributed by atoms with van der Waals surface area (Å²) in [6.45, 7) is 7.41. The Bertz CT molecular complexity index is 884. The van der Waals surface area contributed by atoms with Crippen LogP contribution in [0.1, 0.15) is 62.1 Å². The molecule has 3 rings (SSSR count). The standard InChI is InChI=1S/C35H48O5/c1-2-3-4-5-6-16-23-36-24-25-37-26-27-38-28-29-39-30-31-40-35(32-17-10-7-11-18-32,33-19-12-8-13-20-33)34-21-14-9-15-22-34/h7-15,17-22H,2-6,16,23-31H2,1H3. The first-order chi connectivity index (χ1) is 19.9. The van der Waals surface area contributed by atoms with Crippen LogP contribution in [0.5, 0.6) is 0 Å². The molecule has 0 saturated heterocycles. The van der Waals surface area contributed by atoms with E-state index >= 15 is 0 Å². The third-order valence-electron chi connectivity index (χ3n) is 6.85. The molecule has 0 unspecified atom stereocenters. The fourth-order valence-corrected chi connectivity index (χ4v) is 4.77. The fraction of sp³-hybridized carbons (Fsp3) is 0.486. The average molecular weight is 549 g/mol. The topological polar surface area (TPSA) is 46.2 Å². The lowest BCUT2D eigenvalue weighted by molar-refractivity contribution is -0.0384. The maximum Gasteiger partial charge on any atom is 0.143 e. The summed E-state index contributed by atoms with van der Waals surface area (Å²) >= 11 is 0. The Labute approximate surface area is 241 Å². The van der Waals surface area contributed by atoms with Crippen molar-refractivity contribution in [3.05, 3.63) is 108 Å². The molecular weight excluding hydrogens is 500 g/mol. The van der Waals surface area contributed by atoms with Crippen LogP contribution in [0.4, 0.5) is 0 Å². The van der Waals surface area contributed by atoms with Gasteiger partial charge in [0.05, 0.1) is 52.9 Å². The van der Waals surface area contributed by atoms with Crippen molar-refractivity contribution in [3.63, 3.8) is 0 Å². The van der Waals surface area contributed by atoms with Crippen LogP contribution >= 0.6 is 0 Å². The maximum atomic E-state index is 6.72. The van der Waals surface area contributed by atoms with Crippen LogP contribution < -0.4 is 0 Å². The molecule has 0 heterocycles. The van der Waals surface area contributed by atoms with E-state index in [-0.39, 0.29) is 0 Å². The zero-order valence-corrected chi connectivity index (χ0v) is 24.3. The second-order valence-corrected chi connectivity index (χ2v) is 9.84. The van der Waals surface area contributed by atoms with E-state index in [4.69, 9.17) is 23.7 Å². The van der Waals surface area contributed by atoms with Gasteiger partial charge in [-0.05, 0) is 23.1 Å². The van der Waals surface area contributed by atoms with E-state index in [0.29, 0.717) is 52.9 Å². The maximum absolute atomic E-state index is 6.72. The first-order valence-corrected chi connectivity index (χ1v) is 15.0. The molecule has 3 aromatic rings. The number of hydrogen-bond acceptors (Lipinski definition) is 5. The van der Waals surface area contributed by atoms with Gasteiger partial charge in [0.2, 0.25) is 0 Å². The quantitative estimate of drug-likeness (QED) is 0.0911. The van der Waals surface area contributed by atoms with Crippen molar-refractivity contribution in [1.82, 2.24) is 0 Å². The normalized spacial score (nSPS) is 11.6. The Morgan fingerprint density at radius 3 is 1.18 bits per heavy atom. The summed E-state index contributed by atoms with van der Waals surface area (Å²) in [5.74, 6) is 0. The smallest absolute Gasteiger partial charge is 0.143 e. The third-order valence-corrected chi connectivity index (χ3v) is 6.85. The molecule has 0 atom stereocenters. The van der Waals surface area contributed by atoms with E-state index in [0.717, 1.165) is 29.7 Å². The van der Waals surface area contributed by atoms with E-state index < -0.39 is 5.60 Å². The minimum Gasteiger partial charge on any atom is -0.379 e. The highest BCUT2D eigenvalue weighted by molar-refractivity contribution is 5.47. The van der Waals surface area contributed by atoms with Crippen LogP contribution in [0.25, 0.3) is 0 Å². The molecule has 0 aliphatic rings. The second-order valence-electron chi connectivity index (χ2n) is 9.84. The van der Waals surface area contributed by atoms with Gasteiger partial charge in [0, 0.05) is 6.61 Å². The van der Waals surface area contributed by atoms with Crippen molar-refractivity contribution >= 4 is 0 Å². The zero-order chi connectivity index (χ0) is 28.0. The van der Waals surface area contributed by atoms with E-state index in [1.165, 1.54) is 32.1 Å². The minimum atomic E-state index is -0.723. The minimum absolute atomic E-state index is 0.445. The molecule has 0 amide bonds. The molecule has 5 heteroatoms. The van der Waals surface area contributed by atoms with Crippen molar-refractivity contribution in [2.24, 2.45) is 0 Å². The lowest BCUT2D eigenvalue weighted by Gasteiger charge is -2.36. The van der Waals surface area contributed by atoms with Crippen LogP contribution in [-0.2, 0) is 29.3 Å².